The molecule has 0 spiro atoms. The van der Waals surface area contributed by atoms with Crippen LogP contribution < -0.4 is 0 Å². The number of fused-ring (bicyclic) bond motifs is 1. The third-order valence-electron chi connectivity index (χ3n) is 1.57. The molecule has 0 aromatic heterocycles. The smallest absolute Gasteiger partial charge is 0.210 e. The number of aliphatic hydroxyl groups excluding tert-OH is 1. The first-order valence-corrected chi connectivity index (χ1v) is 4.20. The number of hydrogen-bond acceptors (Lipinski definition) is 4. The van der Waals surface area contributed by atoms with Crippen LogP contribution in [0.25, 0.3) is 0 Å². The molecule has 0 saturated carbocycles. The Bertz CT molecular complexity index is 212. The average Bonchev–Trinajstić information content (AvgIpc) is 2.33. The van der Waals surface area contributed by atoms with Crippen molar-refractivity contribution in [2.75, 3.05) is 18.8 Å². The van der Waals surface area contributed by atoms with Crippen LogP contribution >= 0.6 is 11.8 Å². The molecule has 54 valence electrons. The van der Waals surface area contributed by atoms with Gasteiger partial charge in [-0.15, -0.1) is 0 Å². The van der Waals surface area contributed by atoms with Crippen molar-refractivity contribution in [3.05, 3.63) is 12.0 Å². The Kier molecular flexibility index (Phi) is 1.34. The van der Waals surface area contributed by atoms with E-state index in [-0.39, 0.29) is 5.88 Å². The van der Waals surface area contributed by atoms with Crippen molar-refractivity contribution in [3.8, 4) is 0 Å². The van der Waals surface area contributed by atoms with E-state index in [0.717, 1.165) is 24.0 Å². The highest BCUT2D eigenvalue weighted by molar-refractivity contribution is 8.14. The predicted octanol–water partition coefficient (Wildman–Crippen LogP) is 0.804. The number of rotatable bonds is 0. The van der Waals surface area contributed by atoms with Crippen LogP contribution in [0.2, 0.25) is 0 Å². The Morgan fingerprint density at radius 3 is 3.50 bits per heavy atom. The van der Waals surface area contributed by atoms with Gasteiger partial charge in [-0.2, -0.15) is 4.99 Å². The van der Waals surface area contributed by atoms with Crippen LogP contribution in [0.1, 0.15) is 0 Å². The Hall–Kier alpha value is -0.640. The summed E-state index contributed by atoms with van der Waals surface area (Å²) < 4.78 is 0. The van der Waals surface area contributed by atoms with Gasteiger partial charge in [0, 0.05) is 18.8 Å². The second kappa shape index (κ2) is 2.20. The maximum atomic E-state index is 8.99. The summed E-state index contributed by atoms with van der Waals surface area (Å²) in [5.74, 6) is 1.26. The Labute approximate surface area is 63.4 Å². The number of nitrogens with zero attached hydrogens (tertiary/aromatic N) is 2. The average molecular weight is 156 g/mol. The Morgan fingerprint density at radius 1 is 1.70 bits per heavy atom. The standard InChI is InChI=1S/C6H8N2OS/c9-5-1-2-8-3-4-10-6(8)7-5/h1,9H,2-4H2. The maximum Gasteiger partial charge on any atom is 0.210 e. The summed E-state index contributed by atoms with van der Waals surface area (Å²) >= 11 is 1.71. The van der Waals surface area contributed by atoms with E-state index in [2.05, 4.69) is 9.89 Å². The van der Waals surface area contributed by atoms with Gasteiger partial charge >= 0.3 is 0 Å². The molecule has 10 heavy (non-hydrogen) atoms. The molecule has 4 heteroatoms. The van der Waals surface area contributed by atoms with Crippen LogP contribution in [0.3, 0.4) is 0 Å². The summed E-state index contributed by atoms with van der Waals surface area (Å²) in [6, 6.07) is 0. The zero-order valence-corrected chi connectivity index (χ0v) is 6.27. The summed E-state index contributed by atoms with van der Waals surface area (Å²) in [5, 5.41) is 9.96. The monoisotopic (exact) mass is 156 g/mol. The van der Waals surface area contributed by atoms with Crippen molar-refractivity contribution in [3.63, 3.8) is 0 Å². The fraction of sp³-hybridized carbons (Fsp3) is 0.500. The quantitative estimate of drug-likeness (QED) is 0.563. The molecule has 0 aromatic carbocycles. The van der Waals surface area contributed by atoms with Gasteiger partial charge < -0.3 is 10.0 Å². The van der Waals surface area contributed by atoms with Crippen LogP contribution in [-0.4, -0.2) is 34.0 Å². The largest absolute Gasteiger partial charge is 0.493 e. The molecule has 1 saturated heterocycles. The lowest BCUT2D eigenvalue weighted by Crippen LogP contribution is -2.27. The first kappa shape index (κ1) is 6.09. The lowest BCUT2D eigenvalue weighted by molar-refractivity contribution is 0.384. The third kappa shape index (κ3) is 0.883. The fourth-order valence-corrected chi connectivity index (χ4v) is 2.04. The van der Waals surface area contributed by atoms with Crippen molar-refractivity contribution < 1.29 is 5.11 Å². The molecule has 1 fully saturated rings. The third-order valence-corrected chi connectivity index (χ3v) is 2.56. The van der Waals surface area contributed by atoms with Gasteiger partial charge in [0.1, 0.15) is 0 Å². The SMILES string of the molecule is OC1=CCN2CCSC2=N1. The highest BCUT2D eigenvalue weighted by Crippen LogP contribution is 2.21. The predicted molar refractivity (Wildman–Crippen MR) is 42.2 cm³/mol. The van der Waals surface area contributed by atoms with Crippen LogP contribution in [0.15, 0.2) is 17.0 Å². The summed E-state index contributed by atoms with van der Waals surface area (Å²) in [5.41, 5.74) is 0. The van der Waals surface area contributed by atoms with E-state index >= 15 is 0 Å². The normalized spacial score (nSPS) is 23.8. The van der Waals surface area contributed by atoms with Crippen molar-refractivity contribution in [2.24, 2.45) is 4.99 Å². The van der Waals surface area contributed by atoms with Gasteiger partial charge in [0.25, 0.3) is 0 Å². The van der Waals surface area contributed by atoms with Crippen molar-refractivity contribution in [1.29, 1.82) is 0 Å². The minimum atomic E-state index is 0.167. The van der Waals surface area contributed by atoms with E-state index < -0.39 is 0 Å². The van der Waals surface area contributed by atoms with Gasteiger partial charge in [-0.3, -0.25) is 0 Å². The summed E-state index contributed by atoms with van der Waals surface area (Å²) in [6.45, 7) is 1.88. The highest BCUT2D eigenvalue weighted by atomic mass is 32.2. The number of amidine groups is 1. The molecule has 2 aliphatic rings. The van der Waals surface area contributed by atoms with Crippen LogP contribution in [0.4, 0.5) is 0 Å². The van der Waals surface area contributed by atoms with Gasteiger partial charge in [0.2, 0.25) is 5.88 Å². The second-order valence-electron chi connectivity index (χ2n) is 2.25. The van der Waals surface area contributed by atoms with E-state index in [1.54, 1.807) is 17.8 Å². The summed E-state index contributed by atoms with van der Waals surface area (Å²) in [7, 11) is 0. The Morgan fingerprint density at radius 2 is 2.60 bits per heavy atom. The van der Waals surface area contributed by atoms with E-state index in [1.807, 2.05) is 0 Å². The lowest BCUT2D eigenvalue weighted by Gasteiger charge is -2.18. The molecule has 2 heterocycles. The van der Waals surface area contributed by atoms with E-state index in [0.29, 0.717) is 0 Å². The lowest BCUT2D eigenvalue weighted by atomic mass is 10.4. The zero-order chi connectivity index (χ0) is 6.97. The molecule has 0 atom stereocenters. The maximum absolute atomic E-state index is 8.99. The summed E-state index contributed by atoms with van der Waals surface area (Å²) in [4.78, 5) is 6.12. The zero-order valence-electron chi connectivity index (χ0n) is 5.45. The molecule has 2 aliphatic heterocycles. The topological polar surface area (TPSA) is 35.8 Å². The fourth-order valence-electron chi connectivity index (χ4n) is 1.04. The minimum Gasteiger partial charge on any atom is -0.493 e. The molecule has 3 nitrogen and oxygen atoms in total. The van der Waals surface area contributed by atoms with Crippen LogP contribution in [-0.2, 0) is 0 Å². The van der Waals surface area contributed by atoms with Gasteiger partial charge in [0.15, 0.2) is 5.17 Å². The van der Waals surface area contributed by atoms with Crippen LogP contribution in [0, 0.1) is 0 Å². The molecular formula is C6H8N2OS. The second-order valence-corrected chi connectivity index (χ2v) is 3.31. The molecular weight excluding hydrogens is 148 g/mol. The van der Waals surface area contributed by atoms with Crippen molar-refractivity contribution >= 4 is 16.9 Å². The van der Waals surface area contributed by atoms with E-state index in [4.69, 9.17) is 5.11 Å². The van der Waals surface area contributed by atoms with Crippen molar-refractivity contribution in [1.82, 2.24) is 4.90 Å². The first-order valence-electron chi connectivity index (χ1n) is 3.22. The number of thioether (sulfide) groups is 1. The van der Waals surface area contributed by atoms with E-state index in [1.165, 1.54) is 0 Å². The number of aliphatic hydroxyl groups is 1. The molecule has 1 N–H and O–H groups in total. The Balaban J connectivity index is 2.24. The molecule has 0 unspecified atom stereocenters. The van der Waals surface area contributed by atoms with Gasteiger partial charge in [-0.25, -0.2) is 0 Å². The number of hydrogen-bond donors (Lipinski definition) is 1. The first-order chi connectivity index (χ1) is 4.86. The number of aliphatic imine (C=N–C) groups is 1. The molecule has 0 amide bonds. The highest BCUT2D eigenvalue weighted by Gasteiger charge is 2.21. The van der Waals surface area contributed by atoms with Gasteiger partial charge in [-0.05, 0) is 6.08 Å². The molecule has 2 rings (SSSR count). The summed E-state index contributed by atoms with van der Waals surface area (Å²) in [6.07, 6.45) is 1.73. The van der Waals surface area contributed by atoms with E-state index in [9.17, 15) is 0 Å². The molecule has 0 aromatic rings. The molecule has 0 radical (unpaired) electrons. The van der Waals surface area contributed by atoms with Crippen LogP contribution in [0.5, 0.6) is 0 Å². The molecule has 0 bridgehead atoms. The molecule has 0 aliphatic carbocycles. The van der Waals surface area contributed by atoms with Gasteiger partial charge in [-0.1, -0.05) is 11.8 Å². The minimum absolute atomic E-state index is 0.167. The van der Waals surface area contributed by atoms with Crippen molar-refractivity contribution in [2.45, 2.75) is 0 Å². The van der Waals surface area contributed by atoms with Gasteiger partial charge in [0.05, 0.1) is 0 Å².